The van der Waals surface area contributed by atoms with Crippen LogP contribution in [-0.2, 0) is 16.6 Å². The lowest BCUT2D eigenvalue weighted by molar-refractivity contribution is -0.188. The van der Waals surface area contributed by atoms with Crippen molar-refractivity contribution >= 4 is 11.9 Å². The lowest BCUT2D eigenvalue weighted by Crippen LogP contribution is -2.46. The molecule has 0 bridgehead atoms. The van der Waals surface area contributed by atoms with Crippen molar-refractivity contribution in [2.45, 2.75) is 24.6 Å². The summed E-state index contributed by atoms with van der Waals surface area (Å²) in [6.45, 7) is -0.299. The van der Waals surface area contributed by atoms with Gasteiger partial charge in [-0.15, -0.1) is 0 Å². The number of aryl methyl sites for hydroxylation is 1. The number of alkyl halides is 3. The highest BCUT2D eigenvalue weighted by molar-refractivity contribution is 5.87. The van der Waals surface area contributed by atoms with E-state index in [-0.39, 0.29) is 13.0 Å². The molecule has 0 aliphatic carbocycles. The number of amides is 1. The Morgan fingerprint density at radius 3 is 2.55 bits per heavy atom. The summed E-state index contributed by atoms with van der Waals surface area (Å²) in [5, 5.41) is 13.0. The van der Waals surface area contributed by atoms with Crippen molar-refractivity contribution in [3.63, 3.8) is 0 Å². The van der Waals surface area contributed by atoms with Gasteiger partial charge in [-0.2, -0.15) is 18.3 Å². The Kier molecular flexibility index (Phi) is 3.45. The Morgan fingerprint density at radius 2 is 2.10 bits per heavy atom. The molecule has 9 heteroatoms. The van der Waals surface area contributed by atoms with E-state index in [2.05, 4.69) is 5.10 Å². The van der Waals surface area contributed by atoms with Crippen molar-refractivity contribution in [1.82, 2.24) is 14.7 Å². The zero-order valence-electron chi connectivity index (χ0n) is 10.5. The highest BCUT2D eigenvalue weighted by atomic mass is 19.4. The minimum atomic E-state index is -5.08. The monoisotopic (exact) mass is 291 g/mol. The van der Waals surface area contributed by atoms with Crippen molar-refractivity contribution in [1.29, 1.82) is 0 Å². The van der Waals surface area contributed by atoms with Crippen LogP contribution in [0.2, 0.25) is 0 Å². The van der Waals surface area contributed by atoms with Crippen LogP contribution in [0, 0.1) is 0 Å². The number of carboxylic acids is 1. The maximum atomic E-state index is 12.5. The topological polar surface area (TPSA) is 75.4 Å². The van der Waals surface area contributed by atoms with Gasteiger partial charge < -0.3 is 10.0 Å². The molecular formula is C11H12F3N3O3. The molecule has 2 heterocycles. The van der Waals surface area contributed by atoms with Crippen LogP contribution in [0.1, 0.15) is 18.0 Å². The number of hydrogen-bond acceptors (Lipinski definition) is 3. The molecule has 1 aromatic rings. The van der Waals surface area contributed by atoms with E-state index < -0.39 is 30.0 Å². The fraction of sp³-hybridized carbons (Fsp3) is 0.545. The average Bonchev–Trinajstić information content (AvgIpc) is 2.92. The van der Waals surface area contributed by atoms with Crippen molar-refractivity contribution in [3.8, 4) is 0 Å². The third kappa shape index (κ3) is 2.61. The molecule has 1 unspecified atom stereocenters. The smallest absolute Gasteiger partial charge is 0.471 e. The summed E-state index contributed by atoms with van der Waals surface area (Å²) in [5.41, 5.74) is 0.483. The normalized spacial score (nSPS) is 23.1. The first-order valence-electron chi connectivity index (χ1n) is 5.80. The predicted octanol–water partition coefficient (Wildman–Crippen LogP) is 0.752. The Balaban J connectivity index is 2.24. The van der Waals surface area contributed by atoms with Crippen LogP contribution in [0.15, 0.2) is 12.3 Å². The van der Waals surface area contributed by atoms with Gasteiger partial charge >= 0.3 is 18.1 Å². The molecule has 20 heavy (non-hydrogen) atoms. The first-order chi connectivity index (χ1) is 9.20. The zero-order valence-corrected chi connectivity index (χ0v) is 10.5. The van der Waals surface area contributed by atoms with E-state index in [0.29, 0.717) is 10.6 Å². The van der Waals surface area contributed by atoms with Crippen LogP contribution >= 0.6 is 0 Å². The lowest BCUT2D eigenvalue weighted by Gasteiger charge is -2.22. The fourth-order valence-electron chi connectivity index (χ4n) is 2.32. The van der Waals surface area contributed by atoms with Crippen molar-refractivity contribution in [3.05, 3.63) is 18.0 Å². The second-order valence-electron chi connectivity index (χ2n) is 4.66. The summed E-state index contributed by atoms with van der Waals surface area (Å²) in [6, 6.07) is 0.127. The first-order valence-corrected chi connectivity index (χ1v) is 5.80. The molecular weight excluding hydrogens is 279 g/mol. The standard InChI is InChI=1S/C11H12F3N3O3/c1-16-3-2-7(15-16)6-4-8(9(18)19)17(5-6)10(20)11(12,13)14/h2-3,6,8H,4-5H2,1H3,(H,18,19)/t6?,8-/m0/s1. The molecule has 0 spiro atoms. The molecule has 1 fully saturated rings. The first kappa shape index (κ1) is 14.4. The largest absolute Gasteiger partial charge is 0.480 e. The Bertz CT molecular complexity index is 541. The molecule has 1 aromatic heterocycles. The van der Waals surface area contributed by atoms with Gasteiger partial charge in [0.1, 0.15) is 6.04 Å². The molecule has 2 rings (SSSR count). The molecule has 1 N–H and O–H groups in total. The summed E-state index contributed by atoms with van der Waals surface area (Å²) in [5.74, 6) is -4.08. The van der Waals surface area contributed by atoms with Crippen LogP contribution in [0.5, 0.6) is 0 Å². The van der Waals surface area contributed by atoms with Gasteiger partial charge in [0, 0.05) is 25.7 Å². The number of hydrogen-bond donors (Lipinski definition) is 1. The summed E-state index contributed by atoms with van der Waals surface area (Å²) in [7, 11) is 1.64. The minimum absolute atomic E-state index is 0.0752. The van der Waals surface area contributed by atoms with Crippen LogP contribution < -0.4 is 0 Å². The number of nitrogens with zero attached hydrogens (tertiary/aromatic N) is 3. The van der Waals surface area contributed by atoms with E-state index in [0.717, 1.165) is 0 Å². The van der Waals surface area contributed by atoms with Gasteiger partial charge in [0.2, 0.25) is 0 Å². The van der Waals surface area contributed by atoms with E-state index in [9.17, 15) is 22.8 Å². The second-order valence-corrected chi connectivity index (χ2v) is 4.66. The number of likely N-dealkylation sites (tertiary alicyclic amines) is 1. The Hall–Kier alpha value is -2.06. The van der Waals surface area contributed by atoms with E-state index in [4.69, 9.17) is 5.11 Å². The van der Waals surface area contributed by atoms with Gasteiger partial charge in [0.05, 0.1) is 5.69 Å². The van der Waals surface area contributed by atoms with Crippen molar-refractivity contribution in [2.24, 2.45) is 7.05 Å². The number of carbonyl (C=O) groups is 2. The molecule has 0 radical (unpaired) electrons. The third-order valence-corrected chi connectivity index (χ3v) is 3.24. The number of halogens is 3. The number of carbonyl (C=O) groups excluding carboxylic acids is 1. The van der Waals surface area contributed by atoms with E-state index in [1.165, 1.54) is 4.68 Å². The SMILES string of the molecule is Cn1ccc(C2C[C@@H](C(=O)O)N(C(=O)C(F)(F)F)C2)n1. The van der Waals surface area contributed by atoms with Crippen LogP contribution in [0.25, 0.3) is 0 Å². The molecule has 110 valence electrons. The molecule has 2 atom stereocenters. The highest BCUT2D eigenvalue weighted by Crippen LogP contribution is 2.33. The van der Waals surface area contributed by atoms with Crippen LogP contribution in [0.3, 0.4) is 0 Å². The fourth-order valence-corrected chi connectivity index (χ4v) is 2.32. The van der Waals surface area contributed by atoms with Crippen molar-refractivity contribution in [2.75, 3.05) is 6.54 Å². The summed E-state index contributed by atoms with van der Waals surface area (Å²) < 4.78 is 38.9. The summed E-state index contributed by atoms with van der Waals surface area (Å²) in [6.07, 6.45) is -3.54. The molecule has 0 aromatic carbocycles. The average molecular weight is 291 g/mol. The van der Waals surface area contributed by atoms with Gasteiger partial charge in [-0.05, 0) is 12.5 Å². The summed E-state index contributed by atoms with van der Waals surface area (Å²) in [4.78, 5) is 22.7. The molecule has 1 saturated heterocycles. The number of aromatic nitrogens is 2. The predicted molar refractivity (Wildman–Crippen MR) is 59.8 cm³/mol. The number of rotatable bonds is 2. The maximum absolute atomic E-state index is 12.5. The van der Waals surface area contributed by atoms with Gasteiger partial charge in [-0.1, -0.05) is 0 Å². The lowest BCUT2D eigenvalue weighted by atomic mass is 10.0. The molecule has 6 nitrogen and oxygen atoms in total. The van der Waals surface area contributed by atoms with E-state index in [1.807, 2.05) is 0 Å². The zero-order chi connectivity index (χ0) is 15.1. The van der Waals surface area contributed by atoms with E-state index in [1.54, 1.807) is 19.3 Å². The minimum Gasteiger partial charge on any atom is -0.480 e. The highest BCUT2D eigenvalue weighted by Gasteiger charge is 2.50. The quantitative estimate of drug-likeness (QED) is 0.872. The molecule has 1 amide bonds. The van der Waals surface area contributed by atoms with Gasteiger partial charge in [-0.25, -0.2) is 4.79 Å². The van der Waals surface area contributed by atoms with Crippen molar-refractivity contribution < 1.29 is 27.9 Å². The molecule has 0 saturated carbocycles. The Morgan fingerprint density at radius 1 is 1.45 bits per heavy atom. The van der Waals surface area contributed by atoms with Crippen LogP contribution in [-0.4, -0.2) is 50.4 Å². The number of carboxylic acid groups (broad SMARTS) is 1. The third-order valence-electron chi connectivity index (χ3n) is 3.24. The van der Waals surface area contributed by atoms with Crippen LogP contribution in [0.4, 0.5) is 13.2 Å². The van der Waals surface area contributed by atoms with Gasteiger partial charge in [0.15, 0.2) is 0 Å². The molecule has 1 aliphatic rings. The van der Waals surface area contributed by atoms with E-state index >= 15 is 0 Å². The Labute approximate surface area is 111 Å². The second kappa shape index (κ2) is 4.80. The molecule has 1 aliphatic heterocycles. The van der Waals surface area contributed by atoms with Gasteiger partial charge in [0.25, 0.3) is 0 Å². The van der Waals surface area contributed by atoms with Gasteiger partial charge in [-0.3, -0.25) is 9.48 Å². The summed E-state index contributed by atoms with van der Waals surface area (Å²) >= 11 is 0. The number of aliphatic carboxylic acids is 1. The maximum Gasteiger partial charge on any atom is 0.471 e.